The zero-order valence-corrected chi connectivity index (χ0v) is 16.7. The van der Waals surface area contributed by atoms with Crippen molar-refractivity contribution in [2.45, 2.75) is 63.3 Å². The Morgan fingerprint density at radius 3 is 2.50 bits per heavy atom. The molecule has 2 saturated carbocycles. The Balaban J connectivity index is 0.00000121. The van der Waals surface area contributed by atoms with Gasteiger partial charge in [0.2, 0.25) is 5.91 Å². The van der Waals surface area contributed by atoms with Crippen LogP contribution in [-0.2, 0) is 17.6 Å². The highest BCUT2D eigenvalue weighted by molar-refractivity contribution is 5.85. The van der Waals surface area contributed by atoms with Crippen molar-refractivity contribution in [3.05, 3.63) is 17.1 Å². The summed E-state index contributed by atoms with van der Waals surface area (Å²) in [5.41, 5.74) is 2.36. The first-order chi connectivity index (χ1) is 11.8. The molecule has 146 valence electrons. The van der Waals surface area contributed by atoms with Crippen LogP contribution in [0, 0.1) is 0 Å². The van der Waals surface area contributed by atoms with E-state index in [0.717, 1.165) is 50.4 Å². The second kappa shape index (κ2) is 9.72. The first-order valence-corrected chi connectivity index (χ1v) is 9.43. The van der Waals surface area contributed by atoms with Gasteiger partial charge in [0.05, 0.1) is 12.2 Å². The molecule has 2 fully saturated rings. The normalized spacial score (nSPS) is 19.5. The van der Waals surface area contributed by atoms with Gasteiger partial charge in [-0.05, 0) is 38.6 Å². The van der Waals surface area contributed by atoms with E-state index in [2.05, 4.69) is 16.0 Å². The highest BCUT2D eigenvalue weighted by Gasteiger charge is 2.25. The predicted molar refractivity (Wildman–Crippen MR) is 108 cm³/mol. The maximum Gasteiger partial charge on any atom is 0.239 e. The minimum Gasteiger partial charge on any atom is -0.361 e. The molecule has 0 saturated heterocycles. The van der Waals surface area contributed by atoms with Gasteiger partial charge in [-0.15, -0.1) is 24.8 Å². The van der Waals surface area contributed by atoms with Gasteiger partial charge in [0.15, 0.2) is 0 Å². The van der Waals surface area contributed by atoms with Crippen LogP contribution in [0.5, 0.6) is 0 Å². The molecule has 3 N–H and O–H groups in total. The van der Waals surface area contributed by atoms with Gasteiger partial charge in [-0.1, -0.05) is 12.8 Å². The van der Waals surface area contributed by atoms with Crippen LogP contribution in [-0.4, -0.2) is 41.6 Å². The van der Waals surface area contributed by atoms with Crippen LogP contribution in [0.1, 0.15) is 61.5 Å². The Morgan fingerprint density at radius 1 is 1.04 bits per heavy atom. The minimum atomic E-state index is 0. The van der Waals surface area contributed by atoms with Gasteiger partial charge < -0.3 is 16.0 Å². The summed E-state index contributed by atoms with van der Waals surface area (Å²) in [6.07, 6.45) is 9.04. The van der Waals surface area contributed by atoms with Crippen molar-refractivity contribution < 1.29 is 4.79 Å². The van der Waals surface area contributed by atoms with E-state index in [1.54, 1.807) is 0 Å². The Bertz CT molecular complexity index is 618. The van der Waals surface area contributed by atoms with E-state index in [0.29, 0.717) is 18.5 Å². The quantitative estimate of drug-likeness (QED) is 0.705. The first kappa shape index (κ1) is 21.2. The third kappa shape index (κ3) is 5.21. The Labute approximate surface area is 167 Å². The van der Waals surface area contributed by atoms with E-state index in [4.69, 9.17) is 9.97 Å². The number of anilines is 1. The van der Waals surface area contributed by atoms with Crippen LogP contribution in [0.25, 0.3) is 0 Å². The van der Waals surface area contributed by atoms with E-state index in [-0.39, 0.29) is 30.7 Å². The van der Waals surface area contributed by atoms with Gasteiger partial charge >= 0.3 is 0 Å². The van der Waals surface area contributed by atoms with Crippen LogP contribution >= 0.6 is 24.8 Å². The molecular weight excluding hydrogens is 373 g/mol. The smallest absolute Gasteiger partial charge is 0.239 e. The number of halogens is 2. The average Bonchev–Trinajstić information content (AvgIpc) is 3.29. The molecular formula is C18H29Cl2N5O. The summed E-state index contributed by atoms with van der Waals surface area (Å²) in [5.74, 6) is 2.43. The molecule has 0 atom stereocenters. The monoisotopic (exact) mass is 401 g/mol. The fourth-order valence-corrected chi connectivity index (χ4v) is 3.75. The number of nitrogens with one attached hydrogen (secondary N) is 3. The number of rotatable bonds is 5. The molecule has 1 aromatic rings. The fourth-order valence-electron chi connectivity index (χ4n) is 3.75. The van der Waals surface area contributed by atoms with Crippen LogP contribution in [0.3, 0.4) is 0 Å². The lowest BCUT2D eigenvalue weighted by atomic mass is 10.0. The molecule has 2 heterocycles. The van der Waals surface area contributed by atoms with Gasteiger partial charge in [0.25, 0.3) is 0 Å². The van der Waals surface area contributed by atoms with Crippen molar-refractivity contribution in [3.63, 3.8) is 0 Å². The zero-order chi connectivity index (χ0) is 16.4. The fraction of sp³-hybridized carbons (Fsp3) is 0.722. The number of carbonyl (C=O) groups excluding carboxylic acids is 1. The Hall–Kier alpha value is -1.11. The molecule has 0 spiro atoms. The minimum absolute atomic E-state index is 0. The van der Waals surface area contributed by atoms with E-state index in [9.17, 15) is 4.79 Å². The summed E-state index contributed by atoms with van der Waals surface area (Å²) in [6.45, 7) is 2.22. The highest BCUT2D eigenvalue weighted by atomic mass is 35.5. The van der Waals surface area contributed by atoms with Gasteiger partial charge in [0, 0.05) is 30.5 Å². The zero-order valence-electron chi connectivity index (χ0n) is 15.1. The molecule has 0 unspecified atom stereocenters. The molecule has 6 nitrogen and oxygen atoms in total. The maximum absolute atomic E-state index is 12.0. The van der Waals surface area contributed by atoms with Crippen LogP contribution in [0.4, 0.5) is 5.82 Å². The number of nitrogens with zero attached hydrogens (tertiary/aromatic N) is 2. The molecule has 1 aliphatic heterocycles. The van der Waals surface area contributed by atoms with Gasteiger partial charge in [-0.2, -0.15) is 0 Å². The lowest BCUT2D eigenvalue weighted by Gasteiger charge is -2.17. The third-order valence-electron chi connectivity index (χ3n) is 5.28. The van der Waals surface area contributed by atoms with Crippen molar-refractivity contribution in [1.29, 1.82) is 0 Å². The average molecular weight is 402 g/mol. The summed E-state index contributed by atoms with van der Waals surface area (Å²) < 4.78 is 0. The molecule has 0 radical (unpaired) electrons. The molecule has 0 aromatic carbocycles. The number of fused-ring (bicyclic) bond motifs is 1. The third-order valence-corrected chi connectivity index (χ3v) is 5.28. The first-order valence-electron chi connectivity index (χ1n) is 9.43. The number of hydrogen-bond donors (Lipinski definition) is 3. The molecule has 2 aliphatic carbocycles. The summed E-state index contributed by atoms with van der Waals surface area (Å²) in [7, 11) is 0. The van der Waals surface area contributed by atoms with E-state index < -0.39 is 0 Å². The highest BCUT2D eigenvalue weighted by Crippen LogP contribution is 2.34. The number of amides is 1. The Morgan fingerprint density at radius 2 is 1.77 bits per heavy atom. The molecule has 1 amide bonds. The number of aromatic nitrogens is 2. The molecule has 4 rings (SSSR count). The van der Waals surface area contributed by atoms with E-state index >= 15 is 0 Å². The summed E-state index contributed by atoms with van der Waals surface area (Å²) in [4.78, 5) is 21.8. The number of carbonyl (C=O) groups is 1. The molecule has 1 aromatic heterocycles. The van der Waals surface area contributed by atoms with Crippen molar-refractivity contribution in [1.82, 2.24) is 20.6 Å². The predicted octanol–water partition coefficient (Wildman–Crippen LogP) is 2.36. The van der Waals surface area contributed by atoms with Gasteiger partial charge in [-0.25, -0.2) is 9.97 Å². The second-order valence-electron chi connectivity index (χ2n) is 7.28. The molecule has 3 aliphatic rings. The van der Waals surface area contributed by atoms with E-state index in [1.165, 1.54) is 36.9 Å². The Kier molecular flexibility index (Phi) is 7.92. The van der Waals surface area contributed by atoms with Gasteiger partial charge in [-0.3, -0.25) is 4.79 Å². The van der Waals surface area contributed by atoms with Crippen molar-refractivity contribution in [3.8, 4) is 0 Å². The van der Waals surface area contributed by atoms with Gasteiger partial charge in [0.1, 0.15) is 11.6 Å². The van der Waals surface area contributed by atoms with Crippen molar-refractivity contribution in [2.24, 2.45) is 0 Å². The topological polar surface area (TPSA) is 78.9 Å². The van der Waals surface area contributed by atoms with E-state index in [1.807, 2.05) is 0 Å². The number of hydrogen-bond acceptors (Lipinski definition) is 5. The largest absolute Gasteiger partial charge is 0.361 e. The summed E-state index contributed by atoms with van der Waals surface area (Å²) in [6, 6.07) is 0.403. The standard InChI is InChI=1S/C18H27N5O.2ClH/c24-16(21-13-5-6-13)11-20-18-14-7-9-19-10-8-15(14)22-17(23-18)12-3-1-2-4-12;;/h12-13,19H,1-11H2,(H,21,24)(H,20,22,23);2*1H. The van der Waals surface area contributed by atoms with Crippen LogP contribution in [0.2, 0.25) is 0 Å². The van der Waals surface area contributed by atoms with Crippen LogP contribution in [0.15, 0.2) is 0 Å². The van der Waals surface area contributed by atoms with Crippen LogP contribution < -0.4 is 16.0 Å². The second-order valence-corrected chi connectivity index (χ2v) is 7.28. The van der Waals surface area contributed by atoms with Crippen molar-refractivity contribution in [2.75, 3.05) is 25.0 Å². The summed E-state index contributed by atoms with van der Waals surface area (Å²) >= 11 is 0. The lowest BCUT2D eigenvalue weighted by molar-refractivity contribution is -0.119. The SMILES string of the molecule is Cl.Cl.O=C(CNc1nc(C2CCCC2)nc2c1CCNCC2)NC1CC1. The van der Waals surface area contributed by atoms with Crippen molar-refractivity contribution >= 4 is 36.5 Å². The molecule has 8 heteroatoms. The molecule has 26 heavy (non-hydrogen) atoms. The summed E-state index contributed by atoms with van der Waals surface area (Å²) in [5, 5.41) is 9.77. The maximum atomic E-state index is 12.0. The lowest BCUT2D eigenvalue weighted by Crippen LogP contribution is -2.32. The molecule has 0 bridgehead atoms.